The molecule has 4 rings (SSSR count). The summed E-state index contributed by atoms with van der Waals surface area (Å²) < 4.78 is 0. The Balaban J connectivity index is 1.47. The summed E-state index contributed by atoms with van der Waals surface area (Å²) in [5.74, 6) is 0.0767. The monoisotopic (exact) mass is 351 g/mol. The van der Waals surface area contributed by atoms with Gasteiger partial charge in [0.15, 0.2) is 0 Å². The van der Waals surface area contributed by atoms with Gasteiger partial charge in [-0.05, 0) is 24.3 Å². The SMILES string of the molecule is O=C(CSc1ncnc2ccccc12)Nc1ccc2[nH]c(=O)[nH]c2c1. The van der Waals surface area contributed by atoms with E-state index in [0.29, 0.717) is 16.7 Å². The molecule has 2 heterocycles. The molecule has 25 heavy (non-hydrogen) atoms. The van der Waals surface area contributed by atoms with Gasteiger partial charge < -0.3 is 15.3 Å². The lowest BCUT2D eigenvalue weighted by molar-refractivity contribution is -0.113. The smallest absolute Gasteiger partial charge is 0.323 e. The lowest BCUT2D eigenvalue weighted by Gasteiger charge is -2.06. The Morgan fingerprint density at radius 1 is 1.08 bits per heavy atom. The number of nitrogens with zero attached hydrogens (tertiary/aromatic N) is 2. The lowest BCUT2D eigenvalue weighted by atomic mass is 10.2. The number of carbonyl (C=O) groups excluding carboxylic acids is 1. The summed E-state index contributed by atoms with van der Waals surface area (Å²) >= 11 is 1.36. The first kappa shape index (κ1) is 15.4. The Kier molecular flexibility index (Phi) is 3.95. The van der Waals surface area contributed by atoms with E-state index in [4.69, 9.17) is 0 Å². The third kappa shape index (κ3) is 3.24. The first-order chi connectivity index (χ1) is 12.2. The van der Waals surface area contributed by atoms with E-state index in [-0.39, 0.29) is 17.3 Å². The van der Waals surface area contributed by atoms with Crippen molar-refractivity contribution >= 4 is 45.3 Å². The van der Waals surface area contributed by atoms with Crippen molar-refractivity contribution in [2.75, 3.05) is 11.1 Å². The molecule has 1 amide bonds. The Bertz CT molecular complexity index is 1130. The number of amides is 1. The molecule has 0 saturated heterocycles. The van der Waals surface area contributed by atoms with Crippen LogP contribution in [0.25, 0.3) is 21.9 Å². The number of carbonyl (C=O) groups is 1. The van der Waals surface area contributed by atoms with Crippen molar-refractivity contribution in [1.82, 2.24) is 19.9 Å². The third-order valence-corrected chi connectivity index (χ3v) is 4.65. The van der Waals surface area contributed by atoms with Gasteiger partial charge >= 0.3 is 5.69 Å². The van der Waals surface area contributed by atoms with Crippen LogP contribution in [-0.2, 0) is 4.79 Å². The van der Waals surface area contributed by atoms with Crippen LogP contribution in [0.4, 0.5) is 5.69 Å². The van der Waals surface area contributed by atoms with Gasteiger partial charge in [-0.25, -0.2) is 14.8 Å². The molecule has 0 aliphatic heterocycles. The zero-order chi connectivity index (χ0) is 17.2. The summed E-state index contributed by atoms with van der Waals surface area (Å²) in [5, 5.41) is 4.52. The topological polar surface area (TPSA) is 104 Å². The van der Waals surface area contributed by atoms with E-state index in [9.17, 15) is 9.59 Å². The van der Waals surface area contributed by atoms with E-state index in [1.54, 1.807) is 18.2 Å². The van der Waals surface area contributed by atoms with Crippen molar-refractivity contribution in [2.24, 2.45) is 0 Å². The highest BCUT2D eigenvalue weighted by Gasteiger charge is 2.09. The number of imidazole rings is 1. The number of H-pyrrole nitrogens is 2. The molecule has 0 aliphatic carbocycles. The van der Waals surface area contributed by atoms with Crippen molar-refractivity contribution in [3.8, 4) is 0 Å². The highest BCUT2D eigenvalue weighted by Crippen LogP contribution is 2.24. The fourth-order valence-corrected chi connectivity index (χ4v) is 3.33. The van der Waals surface area contributed by atoms with Gasteiger partial charge in [-0.3, -0.25) is 4.79 Å². The van der Waals surface area contributed by atoms with Crippen molar-refractivity contribution in [3.05, 3.63) is 59.3 Å². The molecule has 2 aromatic carbocycles. The zero-order valence-corrected chi connectivity index (χ0v) is 13.8. The molecule has 3 N–H and O–H groups in total. The van der Waals surface area contributed by atoms with Crippen molar-refractivity contribution < 1.29 is 4.79 Å². The van der Waals surface area contributed by atoms with E-state index in [1.165, 1.54) is 18.1 Å². The first-order valence-corrected chi connectivity index (χ1v) is 8.52. The summed E-state index contributed by atoms with van der Waals surface area (Å²) in [4.78, 5) is 37.3. The number of rotatable bonds is 4. The number of benzene rings is 2. The normalized spacial score (nSPS) is 11.0. The molecule has 0 saturated carbocycles. The Labute approximate surface area is 145 Å². The highest BCUT2D eigenvalue weighted by molar-refractivity contribution is 8.00. The van der Waals surface area contributed by atoms with Crippen LogP contribution in [0.1, 0.15) is 0 Å². The highest BCUT2D eigenvalue weighted by atomic mass is 32.2. The fourth-order valence-electron chi connectivity index (χ4n) is 2.54. The van der Waals surface area contributed by atoms with Crippen LogP contribution in [0.15, 0.2) is 58.6 Å². The summed E-state index contributed by atoms with van der Waals surface area (Å²) in [5.41, 5.74) is 2.55. The molecule has 0 radical (unpaired) electrons. The number of nitrogens with one attached hydrogen (secondary N) is 3. The van der Waals surface area contributed by atoms with E-state index in [1.807, 2.05) is 24.3 Å². The second kappa shape index (κ2) is 6.40. The molecule has 0 unspecified atom stereocenters. The minimum absolute atomic E-state index is 0.148. The van der Waals surface area contributed by atoms with Gasteiger partial charge in [-0.2, -0.15) is 0 Å². The second-order valence-electron chi connectivity index (χ2n) is 5.37. The number of aromatic amines is 2. The predicted molar refractivity (Wildman–Crippen MR) is 97.8 cm³/mol. The van der Waals surface area contributed by atoms with Crippen LogP contribution < -0.4 is 11.0 Å². The van der Waals surface area contributed by atoms with Crippen molar-refractivity contribution in [2.45, 2.75) is 5.03 Å². The van der Waals surface area contributed by atoms with Gasteiger partial charge in [-0.15, -0.1) is 0 Å². The van der Waals surface area contributed by atoms with E-state index in [2.05, 4.69) is 25.3 Å². The summed E-state index contributed by atoms with van der Waals surface area (Å²) in [6.07, 6.45) is 1.50. The van der Waals surface area contributed by atoms with Crippen LogP contribution in [0.2, 0.25) is 0 Å². The molecule has 0 aliphatic rings. The molecule has 8 heteroatoms. The van der Waals surface area contributed by atoms with Crippen LogP contribution in [0.3, 0.4) is 0 Å². The lowest BCUT2D eigenvalue weighted by Crippen LogP contribution is -2.14. The molecule has 0 spiro atoms. The Morgan fingerprint density at radius 2 is 1.92 bits per heavy atom. The van der Waals surface area contributed by atoms with Crippen molar-refractivity contribution in [3.63, 3.8) is 0 Å². The van der Waals surface area contributed by atoms with Crippen LogP contribution in [0, 0.1) is 0 Å². The quantitative estimate of drug-likeness (QED) is 0.387. The van der Waals surface area contributed by atoms with Gasteiger partial charge in [0, 0.05) is 11.1 Å². The number of anilines is 1. The Morgan fingerprint density at radius 3 is 2.84 bits per heavy atom. The van der Waals surface area contributed by atoms with Crippen LogP contribution >= 0.6 is 11.8 Å². The Hall–Kier alpha value is -3.13. The average Bonchev–Trinajstić information content (AvgIpc) is 2.99. The number of thioether (sulfide) groups is 1. The predicted octanol–water partition coefficient (Wildman–Crippen LogP) is 2.53. The molecular formula is C17H13N5O2S. The maximum absolute atomic E-state index is 12.2. The summed E-state index contributed by atoms with van der Waals surface area (Å²) in [6.45, 7) is 0. The number of aromatic nitrogens is 4. The maximum atomic E-state index is 12.2. The molecule has 7 nitrogen and oxygen atoms in total. The third-order valence-electron chi connectivity index (χ3n) is 3.65. The minimum Gasteiger partial charge on any atom is -0.325 e. The largest absolute Gasteiger partial charge is 0.325 e. The van der Waals surface area contributed by atoms with Gasteiger partial charge in [0.2, 0.25) is 5.91 Å². The van der Waals surface area contributed by atoms with E-state index in [0.717, 1.165) is 15.9 Å². The van der Waals surface area contributed by atoms with Gasteiger partial charge in [0.05, 0.1) is 22.3 Å². The van der Waals surface area contributed by atoms with Crippen LogP contribution in [0.5, 0.6) is 0 Å². The number of fused-ring (bicyclic) bond motifs is 2. The molecule has 0 fully saturated rings. The maximum Gasteiger partial charge on any atom is 0.323 e. The van der Waals surface area contributed by atoms with Gasteiger partial charge in [0.25, 0.3) is 0 Å². The molecule has 4 aromatic rings. The van der Waals surface area contributed by atoms with Crippen LogP contribution in [-0.4, -0.2) is 31.6 Å². The zero-order valence-electron chi connectivity index (χ0n) is 12.9. The first-order valence-electron chi connectivity index (χ1n) is 7.53. The minimum atomic E-state index is -0.273. The summed E-state index contributed by atoms with van der Waals surface area (Å²) in [6, 6.07) is 12.9. The van der Waals surface area contributed by atoms with E-state index >= 15 is 0 Å². The average molecular weight is 351 g/mol. The number of hydrogen-bond donors (Lipinski definition) is 3. The van der Waals surface area contributed by atoms with Crippen molar-refractivity contribution in [1.29, 1.82) is 0 Å². The molecule has 0 bridgehead atoms. The van der Waals surface area contributed by atoms with Gasteiger partial charge in [-0.1, -0.05) is 30.0 Å². The fraction of sp³-hybridized carbons (Fsp3) is 0.0588. The number of hydrogen-bond acceptors (Lipinski definition) is 5. The number of para-hydroxylation sites is 1. The molecule has 2 aromatic heterocycles. The molecular weight excluding hydrogens is 338 g/mol. The second-order valence-corrected chi connectivity index (χ2v) is 6.34. The molecule has 0 atom stereocenters. The van der Waals surface area contributed by atoms with E-state index < -0.39 is 0 Å². The standard InChI is InChI=1S/C17H13N5O2S/c23-15(20-10-5-6-13-14(7-10)22-17(24)21-13)8-25-16-11-3-1-2-4-12(11)18-9-19-16/h1-7,9H,8H2,(H,20,23)(H2,21,22,24). The van der Waals surface area contributed by atoms with Gasteiger partial charge in [0.1, 0.15) is 11.4 Å². The summed E-state index contributed by atoms with van der Waals surface area (Å²) in [7, 11) is 0. The molecule has 124 valence electrons.